The Labute approximate surface area is 223 Å². The molecule has 0 unspecified atom stereocenters. The van der Waals surface area contributed by atoms with Gasteiger partial charge in [-0.2, -0.15) is 4.31 Å². The molecule has 6 nitrogen and oxygen atoms in total. The van der Waals surface area contributed by atoms with E-state index in [0.717, 1.165) is 60.8 Å². The van der Waals surface area contributed by atoms with Gasteiger partial charge in [0.2, 0.25) is 10.0 Å². The van der Waals surface area contributed by atoms with E-state index in [0.29, 0.717) is 23.9 Å². The van der Waals surface area contributed by atoms with Crippen molar-refractivity contribution in [1.29, 1.82) is 0 Å². The van der Waals surface area contributed by atoms with Gasteiger partial charge in [-0.1, -0.05) is 61.2 Å². The molecule has 37 heavy (non-hydrogen) atoms. The van der Waals surface area contributed by atoms with Crippen LogP contribution in [0.3, 0.4) is 0 Å². The summed E-state index contributed by atoms with van der Waals surface area (Å²) in [5.41, 5.74) is 2.93. The molecule has 6 rings (SSSR count). The number of ether oxygens (including phenoxy) is 1. The Morgan fingerprint density at radius 2 is 1.89 bits per heavy atom. The van der Waals surface area contributed by atoms with Crippen LogP contribution in [0, 0.1) is 5.92 Å². The first-order valence-electron chi connectivity index (χ1n) is 13.2. The molecule has 1 aromatic heterocycles. The van der Waals surface area contributed by atoms with Crippen LogP contribution in [-0.4, -0.2) is 48.1 Å². The van der Waals surface area contributed by atoms with Crippen molar-refractivity contribution in [3.8, 4) is 0 Å². The van der Waals surface area contributed by atoms with Crippen molar-refractivity contribution in [3.63, 3.8) is 0 Å². The Morgan fingerprint density at radius 1 is 1.03 bits per heavy atom. The minimum Gasteiger partial charge on any atom is -0.376 e. The van der Waals surface area contributed by atoms with Gasteiger partial charge in [0.05, 0.1) is 28.6 Å². The Balaban J connectivity index is 1.32. The van der Waals surface area contributed by atoms with E-state index in [9.17, 15) is 8.42 Å². The smallest absolute Gasteiger partial charge is 0.243 e. The molecule has 194 valence electrons. The van der Waals surface area contributed by atoms with Crippen molar-refractivity contribution in [1.82, 2.24) is 13.9 Å². The van der Waals surface area contributed by atoms with Crippen molar-refractivity contribution in [2.24, 2.45) is 5.92 Å². The standard InChI is InChI=1S/C29H33N3O3S2/c1-21-6-4-14-31(18-21)37(33,34)26-12-13-28-27(17-26)30-29(32(28)19-25-9-5-15-35-25)36-20-22-10-11-23-7-2-3-8-24(23)16-22/h2-3,7-8,10-13,16-17,21,25H,4-6,9,14-15,18-20H2,1H3/t21-,25+/m1/s1. The molecule has 0 N–H and O–H groups in total. The van der Waals surface area contributed by atoms with Crippen LogP contribution in [0.4, 0.5) is 0 Å². The van der Waals surface area contributed by atoms with Gasteiger partial charge < -0.3 is 9.30 Å². The van der Waals surface area contributed by atoms with Crippen LogP contribution < -0.4 is 0 Å². The summed E-state index contributed by atoms with van der Waals surface area (Å²) in [4.78, 5) is 5.29. The summed E-state index contributed by atoms with van der Waals surface area (Å²) in [5, 5.41) is 3.37. The topological polar surface area (TPSA) is 64.4 Å². The third-order valence-corrected chi connectivity index (χ3v) is 10.4. The number of fused-ring (bicyclic) bond motifs is 2. The molecule has 2 fully saturated rings. The van der Waals surface area contributed by atoms with E-state index in [4.69, 9.17) is 9.72 Å². The van der Waals surface area contributed by atoms with Gasteiger partial charge in [0.1, 0.15) is 0 Å². The number of rotatable bonds is 7. The van der Waals surface area contributed by atoms with E-state index in [-0.39, 0.29) is 6.10 Å². The number of piperidine rings is 1. The highest BCUT2D eigenvalue weighted by Gasteiger charge is 2.29. The summed E-state index contributed by atoms with van der Waals surface area (Å²) < 4.78 is 36.7. The summed E-state index contributed by atoms with van der Waals surface area (Å²) in [7, 11) is -3.54. The van der Waals surface area contributed by atoms with E-state index in [1.807, 2.05) is 6.07 Å². The van der Waals surface area contributed by atoms with E-state index in [1.54, 1.807) is 28.2 Å². The average Bonchev–Trinajstić information content (AvgIpc) is 3.55. The Bertz CT molecular complexity index is 1530. The van der Waals surface area contributed by atoms with Gasteiger partial charge in [0, 0.05) is 25.4 Å². The number of nitrogens with zero attached hydrogens (tertiary/aromatic N) is 3. The summed E-state index contributed by atoms with van der Waals surface area (Å²) >= 11 is 1.70. The van der Waals surface area contributed by atoms with Crippen LogP contribution >= 0.6 is 11.8 Å². The van der Waals surface area contributed by atoms with Gasteiger partial charge >= 0.3 is 0 Å². The highest BCUT2D eigenvalue weighted by atomic mass is 32.2. The van der Waals surface area contributed by atoms with Gasteiger partial charge in [-0.25, -0.2) is 13.4 Å². The number of imidazole rings is 1. The SMILES string of the molecule is C[C@@H]1CCCN(S(=O)(=O)c2ccc3c(c2)nc(SCc2ccc4ccccc4c2)n3C[C@@H]2CCCO2)C1. The zero-order valence-electron chi connectivity index (χ0n) is 21.2. The Morgan fingerprint density at radius 3 is 2.70 bits per heavy atom. The maximum atomic E-state index is 13.4. The van der Waals surface area contributed by atoms with Gasteiger partial charge in [-0.3, -0.25) is 0 Å². The lowest BCUT2D eigenvalue weighted by molar-refractivity contribution is 0.0960. The predicted molar refractivity (Wildman–Crippen MR) is 149 cm³/mol. The molecule has 3 heterocycles. The van der Waals surface area contributed by atoms with Crippen molar-refractivity contribution in [2.45, 2.75) is 61.1 Å². The fourth-order valence-corrected chi connectivity index (χ4v) is 8.10. The molecular weight excluding hydrogens is 502 g/mol. The van der Waals surface area contributed by atoms with Crippen molar-refractivity contribution in [3.05, 3.63) is 66.2 Å². The highest BCUT2D eigenvalue weighted by molar-refractivity contribution is 7.98. The summed E-state index contributed by atoms with van der Waals surface area (Å²) in [6.07, 6.45) is 4.27. The average molecular weight is 536 g/mol. The minimum atomic E-state index is -3.54. The van der Waals surface area contributed by atoms with E-state index >= 15 is 0 Å². The normalized spacial score (nSPS) is 21.2. The molecule has 0 amide bonds. The van der Waals surface area contributed by atoms with Gasteiger partial charge in [0.25, 0.3) is 0 Å². The van der Waals surface area contributed by atoms with E-state index < -0.39 is 10.0 Å². The Hall–Kier alpha value is -2.39. The first kappa shape index (κ1) is 24.9. The number of hydrogen-bond acceptors (Lipinski definition) is 5. The number of hydrogen-bond donors (Lipinski definition) is 0. The predicted octanol–water partition coefficient (Wildman–Crippen LogP) is 6.08. The van der Waals surface area contributed by atoms with Gasteiger partial charge in [-0.15, -0.1) is 0 Å². The number of thioether (sulfide) groups is 1. The molecule has 2 aliphatic rings. The third kappa shape index (κ3) is 5.17. The molecule has 3 aromatic carbocycles. The fraction of sp³-hybridized carbons (Fsp3) is 0.414. The van der Waals surface area contributed by atoms with Crippen molar-refractivity contribution in [2.75, 3.05) is 19.7 Å². The molecule has 0 spiro atoms. The zero-order valence-corrected chi connectivity index (χ0v) is 22.8. The number of aromatic nitrogens is 2. The molecule has 2 saturated heterocycles. The zero-order chi connectivity index (χ0) is 25.4. The summed E-state index contributed by atoms with van der Waals surface area (Å²) in [6.45, 7) is 4.82. The van der Waals surface area contributed by atoms with Crippen LogP contribution in [0.1, 0.15) is 38.2 Å². The second kappa shape index (κ2) is 10.4. The van der Waals surface area contributed by atoms with Crippen molar-refractivity contribution < 1.29 is 13.2 Å². The van der Waals surface area contributed by atoms with Gasteiger partial charge in [-0.05, 0) is 66.1 Å². The number of benzene rings is 3. The largest absolute Gasteiger partial charge is 0.376 e. The van der Waals surface area contributed by atoms with E-state index in [2.05, 4.69) is 54.0 Å². The molecule has 4 aromatic rings. The first-order valence-corrected chi connectivity index (χ1v) is 15.6. The summed E-state index contributed by atoms with van der Waals surface area (Å²) in [5.74, 6) is 1.17. The van der Waals surface area contributed by atoms with E-state index in [1.165, 1.54) is 16.3 Å². The lowest BCUT2D eigenvalue weighted by Gasteiger charge is -2.30. The van der Waals surface area contributed by atoms with Crippen LogP contribution in [-0.2, 0) is 27.1 Å². The molecule has 8 heteroatoms. The monoisotopic (exact) mass is 535 g/mol. The molecule has 2 atom stereocenters. The molecule has 0 bridgehead atoms. The van der Waals surface area contributed by atoms with Crippen molar-refractivity contribution >= 4 is 43.6 Å². The molecule has 2 aliphatic heterocycles. The van der Waals surface area contributed by atoms with Crippen LogP contribution in [0.15, 0.2) is 70.7 Å². The number of sulfonamides is 1. The van der Waals surface area contributed by atoms with Crippen LogP contribution in [0.25, 0.3) is 21.8 Å². The lowest BCUT2D eigenvalue weighted by atomic mass is 10.0. The second-order valence-electron chi connectivity index (χ2n) is 10.4. The Kier molecular flexibility index (Phi) is 7.01. The maximum absolute atomic E-state index is 13.4. The maximum Gasteiger partial charge on any atom is 0.243 e. The van der Waals surface area contributed by atoms with Crippen LogP contribution in [0.5, 0.6) is 0 Å². The highest BCUT2D eigenvalue weighted by Crippen LogP contribution is 2.32. The lowest BCUT2D eigenvalue weighted by Crippen LogP contribution is -2.39. The van der Waals surface area contributed by atoms with Crippen LogP contribution in [0.2, 0.25) is 0 Å². The fourth-order valence-electron chi connectivity index (χ4n) is 5.52. The molecular formula is C29H33N3O3S2. The molecule has 0 radical (unpaired) electrons. The minimum absolute atomic E-state index is 0.163. The summed E-state index contributed by atoms with van der Waals surface area (Å²) in [6, 6.07) is 20.4. The third-order valence-electron chi connectivity index (χ3n) is 7.53. The quantitative estimate of drug-likeness (QED) is 0.268. The first-order chi connectivity index (χ1) is 18.0. The second-order valence-corrected chi connectivity index (χ2v) is 13.3. The molecule has 0 saturated carbocycles. The molecule has 0 aliphatic carbocycles. The van der Waals surface area contributed by atoms with Gasteiger partial charge in [0.15, 0.2) is 5.16 Å².